The fraction of sp³-hybridized carbons (Fsp3) is 0.636. The van der Waals surface area contributed by atoms with Gasteiger partial charge in [0.1, 0.15) is 11.3 Å². The van der Waals surface area contributed by atoms with E-state index in [2.05, 4.69) is 43.0 Å². The standard InChI is InChI=1S/C22H36N2O2/c1-4-13-23(2)14-8-5-9-16-25-17-10-15-24(3)19-21-18-20-11-6-7-12-22(20)26-21/h6-7,11-12,18H,4-5,8-10,13-17,19H2,1-3H3. The van der Waals surface area contributed by atoms with Gasteiger partial charge in [-0.25, -0.2) is 0 Å². The smallest absolute Gasteiger partial charge is 0.134 e. The van der Waals surface area contributed by atoms with Crippen molar-refractivity contribution in [3.8, 4) is 0 Å². The number of benzene rings is 1. The largest absolute Gasteiger partial charge is 0.460 e. The molecule has 1 heterocycles. The number of rotatable bonds is 14. The lowest BCUT2D eigenvalue weighted by Gasteiger charge is -2.15. The lowest BCUT2D eigenvalue weighted by molar-refractivity contribution is 0.118. The van der Waals surface area contributed by atoms with Gasteiger partial charge in [0, 0.05) is 25.1 Å². The van der Waals surface area contributed by atoms with E-state index in [1.165, 1.54) is 44.2 Å². The molecule has 0 spiro atoms. The van der Waals surface area contributed by atoms with Gasteiger partial charge in [0.25, 0.3) is 0 Å². The zero-order valence-electron chi connectivity index (χ0n) is 16.9. The van der Waals surface area contributed by atoms with Crippen LogP contribution in [0.5, 0.6) is 0 Å². The Labute approximate surface area is 159 Å². The van der Waals surface area contributed by atoms with Gasteiger partial charge in [-0.1, -0.05) is 25.1 Å². The molecular formula is C22H36N2O2. The van der Waals surface area contributed by atoms with Crippen molar-refractivity contribution in [1.29, 1.82) is 0 Å². The van der Waals surface area contributed by atoms with Gasteiger partial charge in [0.2, 0.25) is 0 Å². The normalized spacial score (nSPS) is 11.9. The lowest BCUT2D eigenvalue weighted by Crippen LogP contribution is -2.20. The monoisotopic (exact) mass is 360 g/mol. The molecule has 2 rings (SSSR count). The van der Waals surface area contributed by atoms with Crippen LogP contribution in [-0.4, -0.2) is 56.7 Å². The first-order valence-electron chi connectivity index (χ1n) is 10.1. The molecule has 4 heteroatoms. The van der Waals surface area contributed by atoms with Crippen LogP contribution < -0.4 is 0 Å². The highest BCUT2D eigenvalue weighted by Crippen LogP contribution is 2.19. The minimum Gasteiger partial charge on any atom is -0.460 e. The molecule has 146 valence electrons. The van der Waals surface area contributed by atoms with E-state index in [1.807, 2.05) is 18.2 Å². The van der Waals surface area contributed by atoms with Gasteiger partial charge in [-0.2, -0.15) is 0 Å². The Balaban J connectivity index is 1.47. The molecule has 0 saturated heterocycles. The number of ether oxygens (including phenoxy) is 1. The third-order valence-corrected chi connectivity index (χ3v) is 4.66. The van der Waals surface area contributed by atoms with Crippen molar-refractivity contribution >= 4 is 11.0 Å². The summed E-state index contributed by atoms with van der Waals surface area (Å²) in [4.78, 5) is 4.71. The van der Waals surface area contributed by atoms with Gasteiger partial charge < -0.3 is 14.1 Å². The second kappa shape index (κ2) is 12.1. The summed E-state index contributed by atoms with van der Waals surface area (Å²) in [6.45, 7) is 8.26. The molecule has 1 aromatic heterocycles. The molecule has 0 fully saturated rings. The SMILES string of the molecule is CCCN(C)CCCCCOCCCN(C)Cc1cc2ccccc2o1. The molecule has 0 amide bonds. The molecule has 0 aliphatic heterocycles. The molecule has 2 aromatic rings. The van der Waals surface area contributed by atoms with Crippen molar-refractivity contribution in [2.75, 3.05) is 46.9 Å². The van der Waals surface area contributed by atoms with Crippen LogP contribution in [0.25, 0.3) is 11.0 Å². The molecule has 26 heavy (non-hydrogen) atoms. The van der Waals surface area contributed by atoms with E-state index in [1.54, 1.807) is 0 Å². The number of hydrogen-bond donors (Lipinski definition) is 0. The Bertz CT molecular complexity index is 578. The van der Waals surface area contributed by atoms with Crippen LogP contribution >= 0.6 is 0 Å². The van der Waals surface area contributed by atoms with Crippen LogP contribution in [0, 0.1) is 0 Å². The van der Waals surface area contributed by atoms with E-state index in [0.717, 1.165) is 44.1 Å². The molecule has 0 saturated carbocycles. The second-order valence-corrected chi connectivity index (χ2v) is 7.32. The third kappa shape index (κ3) is 7.90. The highest BCUT2D eigenvalue weighted by Gasteiger charge is 2.06. The van der Waals surface area contributed by atoms with Gasteiger partial charge in [0.05, 0.1) is 6.54 Å². The number of furan rings is 1. The maximum atomic E-state index is 5.88. The molecule has 4 nitrogen and oxygen atoms in total. The summed E-state index contributed by atoms with van der Waals surface area (Å²) < 4.78 is 11.6. The fourth-order valence-corrected chi connectivity index (χ4v) is 3.25. The number of para-hydroxylation sites is 1. The molecule has 0 aliphatic rings. The van der Waals surface area contributed by atoms with Gasteiger partial charge in [0.15, 0.2) is 0 Å². The molecule has 0 N–H and O–H groups in total. The van der Waals surface area contributed by atoms with Crippen molar-refractivity contribution in [1.82, 2.24) is 9.80 Å². The summed E-state index contributed by atoms with van der Waals surface area (Å²) in [5, 5.41) is 1.18. The molecule has 0 radical (unpaired) electrons. The first-order chi connectivity index (χ1) is 12.7. The highest BCUT2D eigenvalue weighted by molar-refractivity contribution is 5.77. The summed E-state index contributed by atoms with van der Waals surface area (Å²) in [5.41, 5.74) is 0.972. The van der Waals surface area contributed by atoms with E-state index >= 15 is 0 Å². The number of hydrogen-bond acceptors (Lipinski definition) is 4. The summed E-state index contributed by atoms with van der Waals surface area (Å²) in [6.07, 6.45) is 6.02. The van der Waals surface area contributed by atoms with Crippen molar-refractivity contribution in [2.24, 2.45) is 0 Å². The second-order valence-electron chi connectivity index (χ2n) is 7.32. The van der Waals surface area contributed by atoms with Gasteiger partial charge >= 0.3 is 0 Å². The molecule has 0 atom stereocenters. The fourth-order valence-electron chi connectivity index (χ4n) is 3.25. The molecule has 0 bridgehead atoms. The highest BCUT2D eigenvalue weighted by atomic mass is 16.5. The van der Waals surface area contributed by atoms with Crippen LogP contribution in [0.15, 0.2) is 34.7 Å². The summed E-state index contributed by atoms with van der Waals surface area (Å²) in [7, 11) is 4.35. The Morgan fingerprint density at radius 2 is 1.65 bits per heavy atom. The van der Waals surface area contributed by atoms with Crippen molar-refractivity contribution in [2.45, 2.75) is 45.6 Å². The maximum absolute atomic E-state index is 5.88. The summed E-state index contributed by atoms with van der Waals surface area (Å²) in [6, 6.07) is 10.3. The van der Waals surface area contributed by atoms with E-state index in [9.17, 15) is 0 Å². The predicted octanol–water partition coefficient (Wildman–Crippen LogP) is 4.78. The average Bonchev–Trinajstić information content (AvgIpc) is 3.02. The topological polar surface area (TPSA) is 28.9 Å². The maximum Gasteiger partial charge on any atom is 0.134 e. The van der Waals surface area contributed by atoms with E-state index in [-0.39, 0.29) is 0 Å². The predicted molar refractivity (Wildman–Crippen MR) is 110 cm³/mol. The zero-order valence-corrected chi connectivity index (χ0v) is 16.9. The van der Waals surface area contributed by atoms with Gasteiger partial charge in [-0.05, 0) is 71.4 Å². The third-order valence-electron chi connectivity index (χ3n) is 4.66. The zero-order chi connectivity index (χ0) is 18.6. The van der Waals surface area contributed by atoms with Gasteiger partial charge in [-0.3, -0.25) is 4.90 Å². The summed E-state index contributed by atoms with van der Waals surface area (Å²) >= 11 is 0. The molecular weight excluding hydrogens is 324 g/mol. The minimum absolute atomic E-state index is 0.847. The van der Waals surface area contributed by atoms with Crippen LogP contribution in [0.3, 0.4) is 0 Å². The number of nitrogens with zero attached hydrogens (tertiary/aromatic N) is 2. The van der Waals surface area contributed by atoms with Crippen molar-refractivity contribution in [3.63, 3.8) is 0 Å². The Morgan fingerprint density at radius 3 is 2.46 bits per heavy atom. The van der Waals surface area contributed by atoms with E-state index in [0.29, 0.717) is 0 Å². The van der Waals surface area contributed by atoms with Crippen LogP contribution in [0.2, 0.25) is 0 Å². The molecule has 0 aliphatic carbocycles. The van der Waals surface area contributed by atoms with E-state index < -0.39 is 0 Å². The van der Waals surface area contributed by atoms with Crippen LogP contribution in [0.1, 0.15) is 44.8 Å². The minimum atomic E-state index is 0.847. The Kier molecular flexibility index (Phi) is 9.75. The Morgan fingerprint density at radius 1 is 0.885 bits per heavy atom. The van der Waals surface area contributed by atoms with Crippen molar-refractivity contribution in [3.05, 3.63) is 36.1 Å². The first kappa shape index (κ1) is 20.9. The van der Waals surface area contributed by atoms with Crippen LogP contribution in [0.4, 0.5) is 0 Å². The number of fused-ring (bicyclic) bond motifs is 1. The quantitative estimate of drug-likeness (QED) is 0.453. The first-order valence-corrected chi connectivity index (χ1v) is 10.1. The Hall–Kier alpha value is -1.36. The number of unbranched alkanes of at least 4 members (excludes halogenated alkanes) is 2. The molecule has 1 aromatic carbocycles. The van der Waals surface area contributed by atoms with Crippen LogP contribution in [-0.2, 0) is 11.3 Å². The lowest BCUT2D eigenvalue weighted by atomic mass is 10.2. The molecule has 0 unspecified atom stereocenters. The average molecular weight is 361 g/mol. The van der Waals surface area contributed by atoms with E-state index in [4.69, 9.17) is 9.15 Å². The summed E-state index contributed by atoms with van der Waals surface area (Å²) in [5.74, 6) is 1.03. The van der Waals surface area contributed by atoms with Crippen molar-refractivity contribution < 1.29 is 9.15 Å². The van der Waals surface area contributed by atoms with Gasteiger partial charge in [-0.15, -0.1) is 0 Å².